The van der Waals surface area contributed by atoms with E-state index in [1.165, 1.54) is 42.5 Å². The summed E-state index contributed by atoms with van der Waals surface area (Å²) in [7, 11) is 0. The van der Waals surface area contributed by atoms with Crippen LogP contribution in [0, 0.1) is 5.82 Å². The molecule has 0 fully saturated rings. The minimum atomic E-state index is -0.643. The molecule has 0 unspecified atom stereocenters. The summed E-state index contributed by atoms with van der Waals surface area (Å²) in [5, 5.41) is 0. The van der Waals surface area contributed by atoms with Crippen LogP contribution in [-0.2, 0) is 0 Å². The van der Waals surface area contributed by atoms with Gasteiger partial charge in [-0.2, -0.15) is 0 Å². The van der Waals surface area contributed by atoms with Crippen LogP contribution in [0.25, 0.3) is 6.08 Å². The highest BCUT2D eigenvalue weighted by atomic mass is 19.1. The molecule has 0 atom stereocenters. The number of ketones is 1. The van der Waals surface area contributed by atoms with Crippen LogP contribution in [0.3, 0.4) is 0 Å². The highest BCUT2D eigenvalue weighted by molar-refractivity contribution is 6.14. The van der Waals surface area contributed by atoms with E-state index in [2.05, 4.69) is 0 Å². The lowest BCUT2D eigenvalue weighted by Crippen LogP contribution is -2.08. The number of allylic oxidation sites excluding steroid dienone is 1. The van der Waals surface area contributed by atoms with Gasteiger partial charge in [-0.05, 0) is 60.2 Å². The highest BCUT2D eigenvalue weighted by Gasteiger charge is 2.28. The Labute approximate surface area is 170 Å². The van der Waals surface area contributed by atoms with E-state index in [0.29, 0.717) is 17.1 Å². The van der Waals surface area contributed by atoms with Crippen molar-refractivity contribution < 1.29 is 32.9 Å². The van der Waals surface area contributed by atoms with E-state index in [1.54, 1.807) is 24.3 Å². The number of hydrogen-bond acceptors (Lipinski definition) is 6. The first-order valence-electron chi connectivity index (χ1n) is 9.02. The van der Waals surface area contributed by atoms with Crippen molar-refractivity contribution in [2.75, 3.05) is 6.79 Å². The first-order valence-corrected chi connectivity index (χ1v) is 9.02. The molecule has 0 saturated carbocycles. The Morgan fingerprint density at radius 3 is 2.57 bits per heavy atom. The molecule has 7 heteroatoms. The van der Waals surface area contributed by atoms with Gasteiger partial charge in [0.15, 0.2) is 17.3 Å². The summed E-state index contributed by atoms with van der Waals surface area (Å²) in [6, 6.07) is 14.8. The van der Waals surface area contributed by atoms with Gasteiger partial charge in [-0.15, -0.1) is 0 Å². The Hall–Kier alpha value is -4.13. The van der Waals surface area contributed by atoms with Crippen molar-refractivity contribution >= 4 is 17.8 Å². The fourth-order valence-electron chi connectivity index (χ4n) is 3.14. The van der Waals surface area contributed by atoms with Crippen LogP contribution >= 0.6 is 0 Å². The molecular formula is C23H13FO6. The average molecular weight is 404 g/mol. The van der Waals surface area contributed by atoms with E-state index in [9.17, 15) is 14.0 Å². The fraction of sp³-hybridized carbons (Fsp3) is 0.0435. The largest absolute Gasteiger partial charge is 0.454 e. The van der Waals surface area contributed by atoms with Gasteiger partial charge in [-0.1, -0.05) is 6.07 Å². The Kier molecular flexibility index (Phi) is 4.21. The molecule has 148 valence electrons. The van der Waals surface area contributed by atoms with Crippen LogP contribution in [0.4, 0.5) is 4.39 Å². The van der Waals surface area contributed by atoms with Crippen molar-refractivity contribution in [3.05, 3.63) is 88.9 Å². The summed E-state index contributed by atoms with van der Waals surface area (Å²) in [6.07, 6.45) is 1.61. The third-order valence-electron chi connectivity index (χ3n) is 4.63. The lowest BCUT2D eigenvalue weighted by Gasteiger charge is -2.05. The second-order valence-corrected chi connectivity index (χ2v) is 6.61. The maximum absolute atomic E-state index is 13.0. The monoisotopic (exact) mass is 404 g/mol. The molecular weight excluding hydrogens is 391 g/mol. The van der Waals surface area contributed by atoms with Gasteiger partial charge >= 0.3 is 5.97 Å². The SMILES string of the molecule is O=C(Oc1ccc2c(c1)OC(=Cc1ccc3c(c1)OCO3)C2=O)c1ccc(F)cc1. The number of fused-ring (bicyclic) bond motifs is 2. The van der Waals surface area contributed by atoms with Crippen LogP contribution in [0.2, 0.25) is 0 Å². The summed E-state index contributed by atoms with van der Waals surface area (Å²) in [6.45, 7) is 0.162. The summed E-state index contributed by atoms with van der Waals surface area (Å²) in [5.41, 5.74) is 1.29. The molecule has 3 aromatic carbocycles. The molecule has 2 aliphatic rings. The lowest BCUT2D eigenvalue weighted by molar-refractivity contribution is 0.0734. The van der Waals surface area contributed by atoms with E-state index in [-0.39, 0.29) is 35.4 Å². The van der Waals surface area contributed by atoms with Crippen molar-refractivity contribution in [2.45, 2.75) is 0 Å². The van der Waals surface area contributed by atoms with Crippen molar-refractivity contribution in [1.82, 2.24) is 0 Å². The quantitative estimate of drug-likeness (QED) is 0.366. The molecule has 2 aliphatic heterocycles. The zero-order valence-electron chi connectivity index (χ0n) is 15.4. The van der Waals surface area contributed by atoms with Crippen molar-refractivity contribution in [3.63, 3.8) is 0 Å². The zero-order chi connectivity index (χ0) is 20.7. The number of ether oxygens (including phenoxy) is 4. The van der Waals surface area contributed by atoms with Gasteiger partial charge in [0.2, 0.25) is 12.6 Å². The van der Waals surface area contributed by atoms with Crippen LogP contribution in [0.1, 0.15) is 26.3 Å². The maximum atomic E-state index is 13.0. The second-order valence-electron chi connectivity index (χ2n) is 6.61. The van der Waals surface area contributed by atoms with Gasteiger partial charge in [0, 0.05) is 6.07 Å². The van der Waals surface area contributed by atoms with Gasteiger partial charge in [-0.25, -0.2) is 9.18 Å². The third-order valence-corrected chi connectivity index (χ3v) is 4.63. The number of hydrogen-bond donors (Lipinski definition) is 0. The predicted molar refractivity (Wildman–Crippen MR) is 103 cm³/mol. The normalized spacial score (nSPS) is 15.1. The molecule has 0 amide bonds. The molecule has 0 N–H and O–H groups in total. The molecule has 30 heavy (non-hydrogen) atoms. The number of esters is 1. The zero-order valence-corrected chi connectivity index (χ0v) is 15.4. The predicted octanol–water partition coefficient (Wildman–Crippen LogP) is 4.39. The molecule has 6 nitrogen and oxygen atoms in total. The van der Waals surface area contributed by atoms with Crippen molar-refractivity contribution in [1.29, 1.82) is 0 Å². The average Bonchev–Trinajstić information content (AvgIpc) is 3.32. The Morgan fingerprint density at radius 1 is 0.933 bits per heavy atom. The topological polar surface area (TPSA) is 71.1 Å². The molecule has 0 spiro atoms. The molecule has 0 saturated heterocycles. The Morgan fingerprint density at radius 2 is 1.73 bits per heavy atom. The number of rotatable bonds is 3. The minimum absolute atomic E-state index is 0.144. The number of Topliss-reactive ketones (excluding diaryl/α,β-unsaturated/α-hetero) is 1. The summed E-state index contributed by atoms with van der Waals surface area (Å²) in [5.74, 6) is 0.517. The van der Waals surface area contributed by atoms with E-state index in [4.69, 9.17) is 18.9 Å². The van der Waals surface area contributed by atoms with E-state index in [0.717, 1.165) is 5.56 Å². The van der Waals surface area contributed by atoms with Gasteiger partial charge < -0.3 is 18.9 Å². The summed E-state index contributed by atoms with van der Waals surface area (Å²) >= 11 is 0. The molecule has 0 bridgehead atoms. The minimum Gasteiger partial charge on any atom is -0.454 e. The molecule has 5 rings (SSSR count). The first kappa shape index (κ1) is 17.9. The van der Waals surface area contributed by atoms with Gasteiger partial charge in [0.05, 0.1) is 11.1 Å². The number of carbonyl (C=O) groups excluding carboxylic acids is 2. The summed E-state index contributed by atoms with van der Waals surface area (Å²) < 4.78 is 34.6. The van der Waals surface area contributed by atoms with Gasteiger partial charge in [0.25, 0.3) is 0 Å². The smallest absolute Gasteiger partial charge is 0.343 e. The van der Waals surface area contributed by atoms with E-state index in [1.807, 2.05) is 0 Å². The van der Waals surface area contributed by atoms with Crippen molar-refractivity contribution in [3.8, 4) is 23.0 Å². The molecule has 0 aromatic heterocycles. The second kappa shape index (κ2) is 7.04. The Bertz CT molecular complexity index is 1210. The van der Waals surface area contributed by atoms with Crippen LogP contribution < -0.4 is 18.9 Å². The molecule has 3 aromatic rings. The van der Waals surface area contributed by atoms with E-state index >= 15 is 0 Å². The lowest BCUT2D eigenvalue weighted by atomic mass is 10.1. The number of halogens is 1. The van der Waals surface area contributed by atoms with Crippen molar-refractivity contribution in [2.24, 2.45) is 0 Å². The van der Waals surface area contributed by atoms with Gasteiger partial charge in [0.1, 0.15) is 17.3 Å². The number of carbonyl (C=O) groups is 2. The maximum Gasteiger partial charge on any atom is 0.343 e. The van der Waals surface area contributed by atoms with E-state index < -0.39 is 11.8 Å². The molecule has 2 heterocycles. The number of benzene rings is 3. The standard InChI is InChI=1S/C23H13FO6/c24-15-4-2-14(3-5-15)23(26)29-16-6-7-17-19(11-16)30-21(22(17)25)10-13-1-8-18-20(9-13)28-12-27-18/h1-11H,12H2. The molecule has 0 aliphatic carbocycles. The van der Waals surface area contributed by atoms with Crippen LogP contribution in [0.5, 0.6) is 23.0 Å². The first-order chi connectivity index (χ1) is 14.6. The van der Waals surface area contributed by atoms with Gasteiger partial charge in [-0.3, -0.25) is 4.79 Å². The summed E-state index contributed by atoms with van der Waals surface area (Å²) in [4.78, 5) is 24.8. The van der Waals surface area contributed by atoms with Crippen LogP contribution in [0.15, 0.2) is 66.4 Å². The molecule has 0 radical (unpaired) electrons. The third kappa shape index (κ3) is 3.26. The Balaban J connectivity index is 1.36. The highest BCUT2D eigenvalue weighted by Crippen LogP contribution is 2.37. The fourth-order valence-corrected chi connectivity index (χ4v) is 3.14. The van der Waals surface area contributed by atoms with Crippen LogP contribution in [-0.4, -0.2) is 18.5 Å².